The molecular weight excluding hydrogens is 316 g/mol. The van der Waals surface area contributed by atoms with E-state index in [1.807, 2.05) is 10.8 Å². The van der Waals surface area contributed by atoms with E-state index in [9.17, 15) is 0 Å². The Morgan fingerprint density at radius 2 is 2.16 bits per heavy atom. The molecule has 0 bridgehead atoms. The van der Waals surface area contributed by atoms with Crippen molar-refractivity contribution in [2.75, 3.05) is 39.3 Å². The van der Waals surface area contributed by atoms with Gasteiger partial charge in [-0.15, -0.1) is 11.7 Å². The largest absolute Gasteiger partial charge is 0.376 e. The SMILES string of the molecule is C=CCN1CCN([C@@H](CCCC)c2nnnn2C[C@@H]2CCCO2)CC1. The lowest BCUT2D eigenvalue weighted by atomic mass is 10.1. The summed E-state index contributed by atoms with van der Waals surface area (Å²) in [6.45, 7) is 13.0. The van der Waals surface area contributed by atoms with Gasteiger partial charge in [0.2, 0.25) is 0 Å². The summed E-state index contributed by atoms with van der Waals surface area (Å²) in [7, 11) is 0. The fraction of sp³-hybridized carbons (Fsp3) is 0.833. The molecule has 0 spiro atoms. The van der Waals surface area contributed by atoms with Crippen molar-refractivity contribution in [1.29, 1.82) is 0 Å². The third kappa shape index (κ3) is 4.86. The van der Waals surface area contributed by atoms with E-state index in [-0.39, 0.29) is 6.10 Å². The lowest BCUT2D eigenvalue weighted by molar-refractivity contribution is 0.0786. The number of nitrogens with zero attached hydrogens (tertiary/aromatic N) is 6. The van der Waals surface area contributed by atoms with Crippen molar-refractivity contribution in [2.24, 2.45) is 0 Å². The summed E-state index contributed by atoms with van der Waals surface area (Å²) >= 11 is 0. The van der Waals surface area contributed by atoms with Gasteiger partial charge in [-0.05, 0) is 29.7 Å². The third-order valence-electron chi connectivity index (χ3n) is 5.32. The minimum Gasteiger partial charge on any atom is -0.376 e. The van der Waals surface area contributed by atoms with E-state index in [1.54, 1.807) is 0 Å². The van der Waals surface area contributed by atoms with E-state index < -0.39 is 0 Å². The van der Waals surface area contributed by atoms with E-state index in [4.69, 9.17) is 4.74 Å². The molecule has 2 atom stereocenters. The van der Waals surface area contributed by atoms with Crippen molar-refractivity contribution in [1.82, 2.24) is 30.0 Å². The summed E-state index contributed by atoms with van der Waals surface area (Å²) in [4.78, 5) is 5.02. The number of ether oxygens (including phenoxy) is 1. The van der Waals surface area contributed by atoms with Crippen LogP contribution in [0.5, 0.6) is 0 Å². The molecule has 2 aliphatic rings. The first-order valence-corrected chi connectivity index (χ1v) is 9.76. The quantitative estimate of drug-likeness (QED) is 0.635. The molecule has 3 rings (SSSR count). The van der Waals surface area contributed by atoms with Crippen molar-refractivity contribution < 1.29 is 4.74 Å². The standard InChI is InChI=1S/C18H32N6O/c1-3-5-8-17(23-12-10-22(9-4-2)11-13-23)18-19-20-21-24(18)15-16-7-6-14-25-16/h4,16-17H,2-3,5-15H2,1H3/t16-,17-/m0/s1. The topological polar surface area (TPSA) is 59.3 Å². The minimum absolute atomic E-state index is 0.263. The highest BCUT2D eigenvalue weighted by atomic mass is 16.5. The van der Waals surface area contributed by atoms with Crippen LogP contribution >= 0.6 is 0 Å². The monoisotopic (exact) mass is 348 g/mol. The number of tetrazole rings is 1. The summed E-state index contributed by atoms with van der Waals surface area (Å²) in [5.41, 5.74) is 0. The molecular formula is C18H32N6O. The zero-order valence-corrected chi connectivity index (χ0v) is 15.5. The normalized spacial score (nSPS) is 23.8. The van der Waals surface area contributed by atoms with Gasteiger partial charge in [0.15, 0.2) is 5.82 Å². The van der Waals surface area contributed by atoms with Crippen LogP contribution in [0.15, 0.2) is 12.7 Å². The molecule has 25 heavy (non-hydrogen) atoms. The molecule has 0 N–H and O–H groups in total. The van der Waals surface area contributed by atoms with Crippen molar-refractivity contribution in [3.05, 3.63) is 18.5 Å². The van der Waals surface area contributed by atoms with Gasteiger partial charge in [-0.3, -0.25) is 9.80 Å². The van der Waals surface area contributed by atoms with E-state index in [2.05, 4.69) is 38.8 Å². The Kier molecular flexibility index (Phi) is 6.95. The van der Waals surface area contributed by atoms with Crippen LogP contribution in [-0.2, 0) is 11.3 Å². The Balaban J connectivity index is 1.68. The van der Waals surface area contributed by atoms with Crippen LogP contribution in [0.25, 0.3) is 0 Å². The van der Waals surface area contributed by atoms with Crippen molar-refractivity contribution >= 4 is 0 Å². The highest BCUT2D eigenvalue weighted by molar-refractivity contribution is 4.96. The lowest BCUT2D eigenvalue weighted by Gasteiger charge is -2.38. The number of hydrogen-bond donors (Lipinski definition) is 0. The zero-order chi connectivity index (χ0) is 17.5. The Labute approximate surface area is 151 Å². The van der Waals surface area contributed by atoms with E-state index in [0.29, 0.717) is 6.04 Å². The molecule has 2 aliphatic heterocycles. The molecule has 0 aromatic carbocycles. The molecule has 0 amide bonds. The number of aromatic nitrogens is 4. The van der Waals surface area contributed by atoms with Gasteiger partial charge in [0.1, 0.15) is 0 Å². The Hall–Kier alpha value is -1.31. The van der Waals surface area contributed by atoms with Gasteiger partial charge in [-0.2, -0.15) is 0 Å². The number of hydrogen-bond acceptors (Lipinski definition) is 6. The first kappa shape index (κ1) is 18.5. The molecule has 0 radical (unpaired) electrons. The van der Waals surface area contributed by atoms with E-state index >= 15 is 0 Å². The van der Waals surface area contributed by atoms with Gasteiger partial charge in [-0.25, -0.2) is 4.68 Å². The molecule has 1 aromatic heterocycles. The Bertz CT molecular complexity index is 519. The Morgan fingerprint density at radius 3 is 2.84 bits per heavy atom. The van der Waals surface area contributed by atoms with Crippen molar-refractivity contribution in [2.45, 2.75) is 57.7 Å². The highest BCUT2D eigenvalue weighted by Crippen LogP contribution is 2.26. The average Bonchev–Trinajstić information content (AvgIpc) is 3.30. The van der Waals surface area contributed by atoms with Gasteiger partial charge in [0.05, 0.1) is 18.7 Å². The maximum Gasteiger partial charge on any atom is 0.168 e. The van der Waals surface area contributed by atoms with Crippen LogP contribution in [0.4, 0.5) is 0 Å². The molecule has 0 aliphatic carbocycles. The van der Waals surface area contributed by atoms with Crippen LogP contribution in [0, 0.1) is 0 Å². The number of piperazine rings is 1. The predicted octanol–water partition coefficient (Wildman–Crippen LogP) is 1.89. The summed E-state index contributed by atoms with van der Waals surface area (Å²) in [5.74, 6) is 1.01. The molecule has 140 valence electrons. The van der Waals surface area contributed by atoms with E-state index in [1.165, 1.54) is 12.8 Å². The van der Waals surface area contributed by atoms with E-state index in [0.717, 1.165) is 71.0 Å². The molecule has 7 heteroatoms. The molecule has 2 fully saturated rings. The minimum atomic E-state index is 0.263. The molecule has 7 nitrogen and oxygen atoms in total. The molecule has 2 saturated heterocycles. The predicted molar refractivity (Wildman–Crippen MR) is 97.3 cm³/mol. The van der Waals surface area contributed by atoms with Crippen LogP contribution < -0.4 is 0 Å². The lowest BCUT2D eigenvalue weighted by Crippen LogP contribution is -2.48. The summed E-state index contributed by atoms with van der Waals surface area (Å²) in [6.07, 6.45) is 8.02. The van der Waals surface area contributed by atoms with Gasteiger partial charge in [0.25, 0.3) is 0 Å². The second kappa shape index (κ2) is 9.40. The van der Waals surface area contributed by atoms with Crippen molar-refractivity contribution in [3.8, 4) is 0 Å². The highest BCUT2D eigenvalue weighted by Gasteiger charge is 2.29. The average molecular weight is 348 g/mol. The number of rotatable bonds is 9. The smallest absolute Gasteiger partial charge is 0.168 e. The maximum absolute atomic E-state index is 5.78. The Morgan fingerprint density at radius 1 is 1.32 bits per heavy atom. The zero-order valence-electron chi connectivity index (χ0n) is 15.5. The fourth-order valence-corrected chi connectivity index (χ4v) is 3.87. The molecule has 3 heterocycles. The first-order chi connectivity index (χ1) is 12.3. The van der Waals surface area contributed by atoms with Crippen LogP contribution in [0.2, 0.25) is 0 Å². The second-order valence-electron chi connectivity index (χ2n) is 7.14. The molecule has 0 unspecified atom stereocenters. The molecule has 0 saturated carbocycles. The summed E-state index contributed by atoms with van der Waals surface area (Å²) in [6, 6.07) is 0.308. The van der Waals surface area contributed by atoms with Crippen molar-refractivity contribution in [3.63, 3.8) is 0 Å². The van der Waals surface area contributed by atoms with Crippen LogP contribution in [-0.4, -0.2) is 75.4 Å². The fourth-order valence-electron chi connectivity index (χ4n) is 3.87. The summed E-state index contributed by atoms with van der Waals surface area (Å²) < 4.78 is 7.78. The van der Waals surface area contributed by atoms with Crippen LogP contribution in [0.1, 0.15) is 50.9 Å². The maximum atomic E-state index is 5.78. The second-order valence-corrected chi connectivity index (χ2v) is 7.14. The molecule has 1 aromatic rings. The third-order valence-corrected chi connectivity index (χ3v) is 5.32. The van der Waals surface area contributed by atoms with Gasteiger partial charge in [0, 0.05) is 39.3 Å². The number of unbranched alkanes of at least 4 members (excludes halogenated alkanes) is 1. The van der Waals surface area contributed by atoms with Gasteiger partial charge >= 0.3 is 0 Å². The summed E-state index contributed by atoms with van der Waals surface area (Å²) in [5, 5.41) is 12.7. The van der Waals surface area contributed by atoms with Crippen LogP contribution in [0.3, 0.4) is 0 Å². The van der Waals surface area contributed by atoms with Gasteiger partial charge < -0.3 is 4.74 Å². The first-order valence-electron chi connectivity index (χ1n) is 9.76. The van der Waals surface area contributed by atoms with Gasteiger partial charge in [-0.1, -0.05) is 25.8 Å².